The highest BCUT2D eigenvalue weighted by molar-refractivity contribution is 5.85. The molecule has 2 rings (SSSR count). The summed E-state index contributed by atoms with van der Waals surface area (Å²) in [6.45, 7) is 0.893. The van der Waals surface area contributed by atoms with Crippen LogP contribution in [0.4, 0.5) is 0 Å². The van der Waals surface area contributed by atoms with Gasteiger partial charge in [-0.2, -0.15) is 0 Å². The van der Waals surface area contributed by atoms with Gasteiger partial charge in [0.1, 0.15) is 11.8 Å². The Labute approximate surface area is 125 Å². The summed E-state index contributed by atoms with van der Waals surface area (Å²) in [6, 6.07) is 7.10. The van der Waals surface area contributed by atoms with E-state index in [0.717, 1.165) is 24.2 Å². The number of rotatable bonds is 4. The SMILES string of the molecule is COCC(N)C(=O)NC1CCCOc2ccccc21.Cl. The molecule has 112 valence electrons. The lowest BCUT2D eigenvalue weighted by Crippen LogP contribution is -2.44. The van der Waals surface area contributed by atoms with Crippen LogP contribution in [0.5, 0.6) is 5.75 Å². The maximum absolute atomic E-state index is 12.0. The summed E-state index contributed by atoms with van der Waals surface area (Å²) < 4.78 is 10.6. The van der Waals surface area contributed by atoms with Crippen LogP contribution in [-0.2, 0) is 9.53 Å². The summed E-state index contributed by atoms with van der Waals surface area (Å²) in [4.78, 5) is 12.0. The maximum Gasteiger partial charge on any atom is 0.239 e. The second-order valence-electron chi connectivity index (χ2n) is 4.65. The second-order valence-corrected chi connectivity index (χ2v) is 4.65. The number of hydrogen-bond acceptors (Lipinski definition) is 4. The van der Waals surface area contributed by atoms with Gasteiger partial charge in [0.25, 0.3) is 0 Å². The summed E-state index contributed by atoms with van der Waals surface area (Å²) in [6.07, 6.45) is 1.75. The molecule has 0 aliphatic carbocycles. The number of carbonyl (C=O) groups excluding carboxylic acids is 1. The van der Waals surface area contributed by atoms with Crippen molar-refractivity contribution in [3.63, 3.8) is 0 Å². The van der Waals surface area contributed by atoms with Gasteiger partial charge >= 0.3 is 0 Å². The Kier molecular flexibility index (Phi) is 6.78. The summed E-state index contributed by atoms with van der Waals surface area (Å²) in [5, 5.41) is 2.98. The zero-order chi connectivity index (χ0) is 13.7. The largest absolute Gasteiger partial charge is 0.493 e. The van der Waals surface area contributed by atoms with Gasteiger partial charge in [0.15, 0.2) is 0 Å². The Morgan fingerprint density at radius 1 is 1.55 bits per heavy atom. The topological polar surface area (TPSA) is 73.6 Å². The first kappa shape index (κ1) is 16.8. The molecule has 0 saturated carbocycles. The van der Waals surface area contributed by atoms with E-state index >= 15 is 0 Å². The Bertz CT molecular complexity index is 442. The van der Waals surface area contributed by atoms with E-state index in [4.69, 9.17) is 15.2 Å². The normalized spacial score (nSPS) is 18.8. The number of ether oxygens (including phenoxy) is 2. The third-order valence-electron chi connectivity index (χ3n) is 3.19. The van der Waals surface area contributed by atoms with Crippen molar-refractivity contribution in [2.45, 2.75) is 24.9 Å². The van der Waals surface area contributed by atoms with Crippen molar-refractivity contribution in [2.75, 3.05) is 20.3 Å². The molecule has 2 unspecified atom stereocenters. The van der Waals surface area contributed by atoms with Crippen molar-refractivity contribution in [1.82, 2.24) is 5.32 Å². The van der Waals surface area contributed by atoms with E-state index in [2.05, 4.69) is 5.32 Å². The molecule has 5 nitrogen and oxygen atoms in total. The van der Waals surface area contributed by atoms with Gasteiger partial charge in [0, 0.05) is 12.7 Å². The molecule has 6 heteroatoms. The monoisotopic (exact) mass is 300 g/mol. The van der Waals surface area contributed by atoms with Gasteiger partial charge in [-0.15, -0.1) is 12.4 Å². The van der Waals surface area contributed by atoms with E-state index in [1.807, 2.05) is 24.3 Å². The molecule has 1 amide bonds. The lowest BCUT2D eigenvalue weighted by Gasteiger charge is -2.20. The number of fused-ring (bicyclic) bond motifs is 1. The summed E-state index contributed by atoms with van der Waals surface area (Å²) in [5.74, 6) is 0.647. The first-order chi connectivity index (χ1) is 9.22. The van der Waals surface area contributed by atoms with Gasteiger partial charge in [-0.05, 0) is 18.9 Å². The van der Waals surface area contributed by atoms with Crippen molar-refractivity contribution in [3.8, 4) is 5.75 Å². The molecule has 3 N–H and O–H groups in total. The van der Waals surface area contributed by atoms with Gasteiger partial charge in [-0.25, -0.2) is 0 Å². The predicted octanol–water partition coefficient (Wildman–Crippen LogP) is 1.41. The molecule has 1 aromatic carbocycles. The average Bonchev–Trinajstić information content (AvgIpc) is 2.62. The predicted molar refractivity (Wildman–Crippen MR) is 79.2 cm³/mol. The van der Waals surface area contributed by atoms with E-state index in [0.29, 0.717) is 6.61 Å². The van der Waals surface area contributed by atoms with Crippen LogP contribution in [-0.4, -0.2) is 32.3 Å². The Morgan fingerprint density at radius 2 is 2.30 bits per heavy atom. The maximum atomic E-state index is 12.0. The third kappa shape index (κ3) is 4.10. The average molecular weight is 301 g/mol. The van der Waals surface area contributed by atoms with E-state index in [-0.39, 0.29) is 31.0 Å². The van der Waals surface area contributed by atoms with E-state index in [1.54, 1.807) is 0 Å². The molecular formula is C14H21ClN2O3. The molecule has 0 saturated heterocycles. The number of carbonyl (C=O) groups is 1. The van der Waals surface area contributed by atoms with Crippen LogP contribution < -0.4 is 15.8 Å². The van der Waals surface area contributed by atoms with Gasteiger partial charge in [0.05, 0.1) is 19.3 Å². The number of nitrogens with two attached hydrogens (primary N) is 1. The minimum Gasteiger partial charge on any atom is -0.493 e. The molecule has 1 aromatic rings. The fourth-order valence-corrected chi connectivity index (χ4v) is 2.21. The minimum atomic E-state index is -0.638. The smallest absolute Gasteiger partial charge is 0.239 e. The van der Waals surface area contributed by atoms with Gasteiger partial charge < -0.3 is 20.5 Å². The number of methoxy groups -OCH3 is 1. The van der Waals surface area contributed by atoms with Crippen LogP contribution in [0.15, 0.2) is 24.3 Å². The first-order valence-electron chi connectivity index (χ1n) is 6.49. The van der Waals surface area contributed by atoms with Crippen molar-refractivity contribution in [1.29, 1.82) is 0 Å². The van der Waals surface area contributed by atoms with E-state index in [9.17, 15) is 4.79 Å². The summed E-state index contributed by atoms with van der Waals surface area (Å²) >= 11 is 0. The van der Waals surface area contributed by atoms with E-state index in [1.165, 1.54) is 7.11 Å². The fourth-order valence-electron chi connectivity index (χ4n) is 2.21. The Morgan fingerprint density at radius 3 is 3.05 bits per heavy atom. The molecule has 2 atom stereocenters. The molecule has 0 aromatic heterocycles. The molecule has 1 heterocycles. The van der Waals surface area contributed by atoms with Crippen LogP contribution in [0.1, 0.15) is 24.4 Å². The van der Waals surface area contributed by atoms with Crippen LogP contribution in [0.25, 0.3) is 0 Å². The molecule has 0 spiro atoms. The summed E-state index contributed by atoms with van der Waals surface area (Å²) in [7, 11) is 1.53. The zero-order valence-corrected chi connectivity index (χ0v) is 12.3. The van der Waals surface area contributed by atoms with Crippen LogP contribution in [0.3, 0.4) is 0 Å². The number of amides is 1. The molecule has 0 radical (unpaired) electrons. The first-order valence-corrected chi connectivity index (χ1v) is 6.49. The molecular weight excluding hydrogens is 280 g/mol. The molecule has 0 fully saturated rings. The highest BCUT2D eigenvalue weighted by Crippen LogP contribution is 2.31. The third-order valence-corrected chi connectivity index (χ3v) is 3.19. The molecule has 0 bridgehead atoms. The lowest BCUT2D eigenvalue weighted by atomic mass is 10.0. The number of halogens is 1. The van der Waals surface area contributed by atoms with Crippen molar-refractivity contribution in [2.24, 2.45) is 5.73 Å². The van der Waals surface area contributed by atoms with Gasteiger partial charge in [0.2, 0.25) is 5.91 Å². The van der Waals surface area contributed by atoms with Gasteiger partial charge in [-0.3, -0.25) is 4.79 Å². The van der Waals surface area contributed by atoms with Crippen LogP contribution in [0.2, 0.25) is 0 Å². The Hall–Kier alpha value is -1.30. The number of nitrogens with one attached hydrogen (secondary N) is 1. The quantitative estimate of drug-likeness (QED) is 0.882. The zero-order valence-electron chi connectivity index (χ0n) is 11.5. The number of benzene rings is 1. The number of hydrogen-bond donors (Lipinski definition) is 2. The number of para-hydroxylation sites is 1. The van der Waals surface area contributed by atoms with Crippen LogP contribution >= 0.6 is 12.4 Å². The highest BCUT2D eigenvalue weighted by atomic mass is 35.5. The molecule has 20 heavy (non-hydrogen) atoms. The Balaban J connectivity index is 0.00000200. The minimum absolute atomic E-state index is 0. The molecule has 1 aliphatic heterocycles. The highest BCUT2D eigenvalue weighted by Gasteiger charge is 2.23. The fraction of sp³-hybridized carbons (Fsp3) is 0.500. The van der Waals surface area contributed by atoms with Crippen molar-refractivity contribution >= 4 is 18.3 Å². The van der Waals surface area contributed by atoms with Crippen molar-refractivity contribution in [3.05, 3.63) is 29.8 Å². The summed E-state index contributed by atoms with van der Waals surface area (Å²) in [5.41, 5.74) is 6.75. The molecule has 1 aliphatic rings. The van der Waals surface area contributed by atoms with Crippen molar-refractivity contribution < 1.29 is 14.3 Å². The van der Waals surface area contributed by atoms with E-state index < -0.39 is 6.04 Å². The van der Waals surface area contributed by atoms with Crippen LogP contribution in [0, 0.1) is 0 Å². The lowest BCUT2D eigenvalue weighted by molar-refractivity contribution is -0.124. The van der Waals surface area contributed by atoms with Gasteiger partial charge in [-0.1, -0.05) is 18.2 Å². The standard InChI is InChI=1S/C14H20N2O3.ClH/c1-18-9-11(15)14(17)16-12-6-4-8-19-13-7-3-2-5-10(12)13;/h2-3,5,7,11-12H,4,6,8-9,15H2,1H3,(H,16,17);1H. The second kappa shape index (κ2) is 8.09.